The lowest BCUT2D eigenvalue weighted by Crippen LogP contribution is -1.95. The molecule has 0 radical (unpaired) electrons. The maximum Gasteiger partial charge on any atom is 0.177 e. The molecule has 0 bridgehead atoms. The van der Waals surface area contributed by atoms with E-state index in [0.717, 1.165) is 11.3 Å². The van der Waals surface area contributed by atoms with Gasteiger partial charge in [0, 0.05) is 12.4 Å². The number of hydrogen-bond donors (Lipinski definition) is 1. The molecule has 1 N–H and O–H groups in total. The summed E-state index contributed by atoms with van der Waals surface area (Å²) in [4.78, 5) is 2.96. The van der Waals surface area contributed by atoms with Gasteiger partial charge >= 0.3 is 0 Å². The zero-order chi connectivity index (χ0) is 8.39. The van der Waals surface area contributed by atoms with Crippen molar-refractivity contribution in [1.29, 1.82) is 0 Å². The molecule has 0 saturated heterocycles. The summed E-state index contributed by atoms with van der Waals surface area (Å²) in [5.74, 6) is 0. The summed E-state index contributed by atoms with van der Waals surface area (Å²) in [6, 6.07) is 2.11. The van der Waals surface area contributed by atoms with Gasteiger partial charge in [0.1, 0.15) is 0 Å². The normalized spacial score (nSPS) is 9.54. The van der Waals surface area contributed by atoms with Gasteiger partial charge in [-0.1, -0.05) is 0 Å². The number of nitrogens with one attached hydrogen (secondary N) is 1. The average molecular weight is 233 g/mol. The summed E-state index contributed by atoms with van der Waals surface area (Å²) in [5, 5.41) is 4.21. The van der Waals surface area contributed by atoms with Crippen LogP contribution in [0.1, 0.15) is 5.56 Å². The Morgan fingerprint density at radius 2 is 2.38 bits per heavy atom. The van der Waals surface area contributed by atoms with E-state index in [1.807, 2.05) is 17.0 Å². The molecule has 2 aromatic heterocycles. The van der Waals surface area contributed by atoms with Crippen molar-refractivity contribution in [1.82, 2.24) is 9.55 Å². The second kappa shape index (κ2) is 4.60. The minimum Gasteiger partial charge on any atom is -0.337 e. The van der Waals surface area contributed by atoms with Gasteiger partial charge in [0.2, 0.25) is 0 Å². The first-order valence-electron chi connectivity index (χ1n) is 3.61. The lowest BCUT2D eigenvalue weighted by atomic mass is 10.3. The number of imidazole rings is 1. The molecule has 0 aliphatic carbocycles. The maximum atomic E-state index is 5.07. The SMILES string of the molecule is Cl.S=c1[nH]ccn1Cc1ccsc1. The molecule has 0 fully saturated rings. The first-order chi connectivity index (χ1) is 5.86. The van der Waals surface area contributed by atoms with Crippen LogP contribution in [0.5, 0.6) is 0 Å². The lowest BCUT2D eigenvalue weighted by molar-refractivity contribution is 0.787. The molecule has 13 heavy (non-hydrogen) atoms. The lowest BCUT2D eigenvalue weighted by Gasteiger charge is -1.97. The topological polar surface area (TPSA) is 20.7 Å². The first kappa shape index (κ1) is 10.5. The third-order valence-corrected chi connectivity index (χ3v) is 2.74. The average Bonchev–Trinajstić information content (AvgIpc) is 2.65. The van der Waals surface area contributed by atoms with Gasteiger partial charge in [-0.15, -0.1) is 12.4 Å². The van der Waals surface area contributed by atoms with Crippen LogP contribution in [-0.4, -0.2) is 9.55 Å². The van der Waals surface area contributed by atoms with Crippen LogP contribution in [0, 0.1) is 4.77 Å². The standard InChI is InChI=1S/C8H8N2S2.ClH/c11-8-9-2-3-10(8)5-7-1-4-12-6-7;/h1-4,6H,5H2,(H,9,11);1H. The molecule has 2 heterocycles. The van der Waals surface area contributed by atoms with Crippen LogP contribution in [0.4, 0.5) is 0 Å². The molecule has 2 rings (SSSR count). The van der Waals surface area contributed by atoms with Gasteiger partial charge in [0.25, 0.3) is 0 Å². The second-order valence-electron chi connectivity index (χ2n) is 2.52. The summed E-state index contributed by atoms with van der Waals surface area (Å²) >= 11 is 6.78. The molecule has 0 atom stereocenters. The summed E-state index contributed by atoms with van der Waals surface area (Å²) in [5.41, 5.74) is 1.30. The Balaban J connectivity index is 0.000000845. The van der Waals surface area contributed by atoms with Crippen molar-refractivity contribution in [2.75, 3.05) is 0 Å². The van der Waals surface area contributed by atoms with Crippen molar-refractivity contribution in [2.45, 2.75) is 6.54 Å². The summed E-state index contributed by atoms with van der Waals surface area (Å²) in [6.45, 7) is 0.867. The summed E-state index contributed by atoms with van der Waals surface area (Å²) < 4.78 is 2.79. The van der Waals surface area contributed by atoms with Crippen molar-refractivity contribution in [3.8, 4) is 0 Å². The van der Waals surface area contributed by atoms with E-state index in [1.165, 1.54) is 5.56 Å². The van der Waals surface area contributed by atoms with Gasteiger partial charge in [-0.05, 0) is 34.6 Å². The fourth-order valence-electron chi connectivity index (χ4n) is 1.05. The van der Waals surface area contributed by atoms with Crippen LogP contribution in [0.15, 0.2) is 29.2 Å². The predicted molar refractivity (Wildman–Crippen MR) is 60.3 cm³/mol. The number of nitrogens with zero attached hydrogens (tertiary/aromatic N) is 1. The van der Waals surface area contributed by atoms with Crippen LogP contribution in [-0.2, 0) is 6.54 Å². The van der Waals surface area contributed by atoms with Gasteiger partial charge in [0.15, 0.2) is 4.77 Å². The van der Waals surface area contributed by atoms with Gasteiger partial charge in [-0.25, -0.2) is 0 Å². The third kappa shape index (κ3) is 2.43. The molecule has 0 unspecified atom stereocenters. The number of hydrogen-bond acceptors (Lipinski definition) is 2. The van der Waals surface area contributed by atoms with Gasteiger partial charge in [0.05, 0.1) is 6.54 Å². The molecule has 0 aliphatic rings. The van der Waals surface area contributed by atoms with E-state index in [2.05, 4.69) is 21.8 Å². The summed E-state index contributed by atoms with van der Waals surface area (Å²) in [6.07, 6.45) is 3.81. The number of H-pyrrole nitrogens is 1. The molecular weight excluding hydrogens is 224 g/mol. The summed E-state index contributed by atoms with van der Waals surface area (Å²) in [7, 11) is 0. The van der Waals surface area contributed by atoms with Gasteiger partial charge in [-0.3, -0.25) is 0 Å². The zero-order valence-corrected chi connectivity index (χ0v) is 9.22. The number of aromatic amines is 1. The van der Waals surface area contributed by atoms with Crippen LogP contribution >= 0.6 is 36.0 Å². The maximum absolute atomic E-state index is 5.07. The Morgan fingerprint density at radius 1 is 1.54 bits per heavy atom. The Kier molecular flexibility index (Phi) is 3.71. The fraction of sp³-hybridized carbons (Fsp3) is 0.125. The predicted octanol–water partition coefficient (Wildman–Crippen LogP) is 3.08. The van der Waals surface area contributed by atoms with Crippen molar-refractivity contribution in [2.24, 2.45) is 0 Å². The van der Waals surface area contributed by atoms with Crippen molar-refractivity contribution < 1.29 is 0 Å². The van der Waals surface area contributed by atoms with Crippen LogP contribution in [0.3, 0.4) is 0 Å². The highest BCUT2D eigenvalue weighted by atomic mass is 35.5. The Morgan fingerprint density at radius 3 is 2.92 bits per heavy atom. The Labute approximate surface area is 91.6 Å². The van der Waals surface area contributed by atoms with E-state index < -0.39 is 0 Å². The van der Waals surface area contributed by atoms with Crippen molar-refractivity contribution in [3.05, 3.63) is 39.6 Å². The van der Waals surface area contributed by atoms with Crippen molar-refractivity contribution in [3.63, 3.8) is 0 Å². The minimum atomic E-state index is 0. The highest BCUT2D eigenvalue weighted by Gasteiger charge is 1.95. The molecule has 2 aromatic rings. The number of aromatic nitrogens is 2. The first-order valence-corrected chi connectivity index (χ1v) is 4.96. The van der Waals surface area contributed by atoms with Gasteiger partial charge in [-0.2, -0.15) is 11.3 Å². The zero-order valence-electron chi connectivity index (χ0n) is 6.77. The third-order valence-electron chi connectivity index (χ3n) is 1.66. The molecule has 0 spiro atoms. The highest BCUT2D eigenvalue weighted by molar-refractivity contribution is 7.71. The second-order valence-corrected chi connectivity index (χ2v) is 3.69. The number of thiophene rings is 1. The molecule has 0 aliphatic heterocycles. The Bertz CT molecular complexity index is 402. The van der Waals surface area contributed by atoms with Crippen LogP contribution in [0.25, 0.3) is 0 Å². The van der Waals surface area contributed by atoms with E-state index in [0.29, 0.717) is 0 Å². The molecule has 0 amide bonds. The van der Waals surface area contributed by atoms with Gasteiger partial charge < -0.3 is 9.55 Å². The molecule has 70 valence electrons. The van der Waals surface area contributed by atoms with Crippen LogP contribution in [0.2, 0.25) is 0 Å². The monoisotopic (exact) mass is 232 g/mol. The van der Waals surface area contributed by atoms with E-state index >= 15 is 0 Å². The minimum absolute atomic E-state index is 0. The van der Waals surface area contributed by atoms with E-state index in [4.69, 9.17) is 12.2 Å². The van der Waals surface area contributed by atoms with Crippen LogP contribution < -0.4 is 0 Å². The van der Waals surface area contributed by atoms with E-state index in [-0.39, 0.29) is 12.4 Å². The molecular formula is C8H9ClN2S2. The largest absolute Gasteiger partial charge is 0.337 e. The smallest absolute Gasteiger partial charge is 0.177 e. The Hall–Kier alpha value is -0.580. The molecule has 0 saturated carbocycles. The van der Waals surface area contributed by atoms with Crippen molar-refractivity contribution >= 4 is 36.0 Å². The quantitative estimate of drug-likeness (QED) is 0.790. The fourth-order valence-corrected chi connectivity index (χ4v) is 1.91. The van der Waals surface area contributed by atoms with E-state index in [9.17, 15) is 0 Å². The number of rotatable bonds is 2. The molecule has 0 aromatic carbocycles. The molecule has 2 nitrogen and oxygen atoms in total. The van der Waals surface area contributed by atoms with E-state index in [1.54, 1.807) is 11.3 Å². The molecule has 5 heteroatoms. The number of halogens is 1. The highest BCUT2D eigenvalue weighted by Crippen LogP contribution is 2.07.